The van der Waals surface area contributed by atoms with E-state index < -0.39 is 8.32 Å². The third kappa shape index (κ3) is 8.43. The fourth-order valence-corrected chi connectivity index (χ4v) is 9.93. The van der Waals surface area contributed by atoms with Gasteiger partial charge < -0.3 is 18.6 Å². The molecule has 0 fully saturated rings. The SMILES string of the molecule is COC(=O)/C=C/C[C@H](CCO[Si](C(C)C)(C(C)C)C(C)C)OCc1ccc(OC)cc1. The minimum absolute atomic E-state index is 0.0406. The second-order valence-corrected chi connectivity index (χ2v) is 14.4. The number of hydrogen-bond acceptors (Lipinski definition) is 5. The minimum Gasteiger partial charge on any atom is -0.497 e. The van der Waals surface area contributed by atoms with Crippen LogP contribution in [0.1, 0.15) is 59.9 Å². The topological polar surface area (TPSA) is 54.0 Å². The summed E-state index contributed by atoms with van der Waals surface area (Å²) in [6.07, 6.45) is 4.65. The number of rotatable bonds is 14. The van der Waals surface area contributed by atoms with Crippen molar-refractivity contribution in [3.05, 3.63) is 42.0 Å². The van der Waals surface area contributed by atoms with Gasteiger partial charge in [-0.3, -0.25) is 0 Å². The highest BCUT2D eigenvalue weighted by molar-refractivity contribution is 6.77. The molecule has 0 aliphatic carbocycles. The highest BCUT2D eigenvalue weighted by Crippen LogP contribution is 2.42. The van der Waals surface area contributed by atoms with Crippen LogP contribution in [0.15, 0.2) is 36.4 Å². The molecule has 0 unspecified atom stereocenters. The molecular formula is C25H42O5Si. The molecule has 0 aliphatic rings. The van der Waals surface area contributed by atoms with Crippen LogP contribution in [0.4, 0.5) is 0 Å². The van der Waals surface area contributed by atoms with Crippen molar-refractivity contribution >= 4 is 14.3 Å². The number of hydrogen-bond donors (Lipinski definition) is 0. The number of esters is 1. The number of benzene rings is 1. The van der Waals surface area contributed by atoms with E-state index in [0.29, 0.717) is 36.3 Å². The molecule has 0 bridgehead atoms. The molecule has 0 radical (unpaired) electrons. The highest BCUT2D eigenvalue weighted by Gasteiger charge is 2.44. The van der Waals surface area contributed by atoms with Crippen LogP contribution in [-0.4, -0.2) is 41.2 Å². The molecule has 1 aromatic carbocycles. The second kappa shape index (κ2) is 13.7. The van der Waals surface area contributed by atoms with Gasteiger partial charge in [0.2, 0.25) is 0 Å². The summed E-state index contributed by atoms with van der Waals surface area (Å²) < 4.78 is 22.8. The molecule has 5 nitrogen and oxygen atoms in total. The summed E-state index contributed by atoms with van der Waals surface area (Å²) in [6.45, 7) is 14.9. The maximum absolute atomic E-state index is 11.4. The minimum atomic E-state index is -1.91. The van der Waals surface area contributed by atoms with Crippen LogP contribution >= 0.6 is 0 Å². The Morgan fingerprint density at radius 2 is 1.55 bits per heavy atom. The van der Waals surface area contributed by atoms with Crippen LogP contribution in [0.5, 0.6) is 5.75 Å². The summed E-state index contributed by atoms with van der Waals surface area (Å²) in [6, 6.07) is 7.87. The van der Waals surface area contributed by atoms with Crippen LogP contribution in [-0.2, 0) is 25.3 Å². The van der Waals surface area contributed by atoms with E-state index in [2.05, 4.69) is 41.5 Å². The molecule has 31 heavy (non-hydrogen) atoms. The zero-order valence-corrected chi connectivity index (χ0v) is 21.6. The lowest BCUT2D eigenvalue weighted by atomic mass is 10.1. The predicted molar refractivity (Wildman–Crippen MR) is 129 cm³/mol. The zero-order valence-electron chi connectivity index (χ0n) is 20.6. The maximum atomic E-state index is 11.4. The van der Waals surface area contributed by atoms with Gasteiger partial charge in [0.25, 0.3) is 0 Å². The first-order chi connectivity index (χ1) is 14.7. The zero-order chi connectivity index (χ0) is 23.4. The van der Waals surface area contributed by atoms with Gasteiger partial charge in [0.15, 0.2) is 8.32 Å². The van der Waals surface area contributed by atoms with Gasteiger partial charge in [0.05, 0.1) is 26.9 Å². The third-order valence-corrected chi connectivity index (χ3v) is 12.1. The standard InChI is InChI=1S/C25H42O5Si/c1-19(2)31(20(3)4,21(5)6)30-17-16-24(10-9-11-25(26)28-8)29-18-22-12-14-23(27-7)15-13-22/h9,11-15,19-21,24H,10,16-18H2,1-8H3/b11-9+/t24-/m1/s1. The van der Waals surface area contributed by atoms with Crippen LogP contribution < -0.4 is 4.74 Å². The van der Waals surface area contributed by atoms with Crippen molar-refractivity contribution in [3.8, 4) is 5.75 Å². The quantitative estimate of drug-likeness (QED) is 0.190. The largest absolute Gasteiger partial charge is 0.497 e. The first-order valence-electron chi connectivity index (χ1n) is 11.3. The van der Waals surface area contributed by atoms with Crippen molar-refractivity contribution in [2.24, 2.45) is 0 Å². The monoisotopic (exact) mass is 450 g/mol. The number of methoxy groups -OCH3 is 2. The molecule has 0 amide bonds. The Morgan fingerprint density at radius 3 is 2.03 bits per heavy atom. The van der Waals surface area contributed by atoms with E-state index in [1.54, 1.807) is 7.11 Å². The first-order valence-corrected chi connectivity index (χ1v) is 13.4. The number of ether oxygens (including phenoxy) is 3. The summed E-state index contributed by atoms with van der Waals surface area (Å²) in [5.41, 5.74) is 2.72. The predicted octanol–water partition coefficient (Wildman–Crippen LogP) is 6.28. The van der Waals surface area contributed by atoms with Crippen LogP contribution in [0, 0.1) is 0 Å². The Bertz CT molecular complexity index is 645. The molecule has 1 aromatic rings. The Balaban J connectivity index is 2.80. The average molecular weight is 451 g/mol. The van der Waals surface area contributed by atoms with E-state index in [0.717, 1.165) is 17.7 Å². The smallest absolute Gasteiger partial charge is 0.330 e. The first kappa shape index (κ1) is 27.4. The lowest BCUT2D eigenvalue weighted by molar-refractivity contribution is -0.134. The molecule has 0 N–H and O–H groups in total. The lowest BCUT2D eigenvalue weighted by Gasteiger charge is -2.42. The Labute approximate surface area is 190 Å². The Morgan fingerprint density at radius 1 is 0.968 bits per heavy atom. The molecule has 0 heterocycles. The average Bonchev–Trinajstić information content (AvgIpc) is 2.73. The van der Waals surface area contributed by atoms with Crippen LogP contribution in [0.25, 0.3) is 0 Å². The summed E-state index contributed by atoms with van der Waals surface area (Å²) in [4.78, 5) is 11.4. The molecular weight excluding hydrogens is 408 g/mol. The van der Waals surface area contributed by atoms with Crippen molar-refractivity contribution in [1.82, 2.24) is 0 Å². The lowest BCUT2D eigenvalue weighted by Crippen LogP contribution is -2.48. The number of carbonyl (C=O) groups is 1. The summed E-state index contributed by atoms with van der Waals surface area (Å²) in [5.74, 6) is 0.475. The fraction of sp³-hybridized carbons (Fsp3) is 0.640. The summed E-state index contributed by atoms with van der Waals surface area (Å²) in [5, 5.41) is 0. The molecule has 0 saturated heterocycles. The van der Waals surface area contributed by atoms with E-state index >= 15 is 0 Å². The van der Waals surface area contributed by atoms with E-state index in [4.69, 9.17) is 18.6 Å². The Kier molecular flexibility index (Phi) is 12.1. The van der Waals surface area contributed by atoms with Crippen molar-refractivity contribution in [3.63, 3.8) is 0 Å². The van der Waals surface area contributed by atoms with Crippen LogP contribution in [0.2, 0.25) is 16.6 Å². The van der Waals surface area contributed by atoms with E-state index in [9.17, 15) is 4.79 Å². The van der Waals surface area contributed by atoms with Gasteiger partial charge in [0.1, 0.15) is 5.75 Å². The van der Waals surface area contributed by atoms with Gasteiger partial charge in [-0.05, 0) is 47.2 Å². The van der Waals surface area contributed by atoms with Gasteiger partial charge >= 0.3 is 5.97 Å². The van der Waals surface area contributed by atoms with Crippen molar-refractivity contribution in [1.29, 1.82) is 0 Å². The summed E-state index contributed by atoms with van der Waals surface area (Å²) in [7, 11) is 1.13. The molecule has 0 aliphatic heterocycles. The molecule has 6 heteroatoms. The van der Waals surface area contributed by atoms with Crippen molar-refractivity contribution in [2.45, 2.75) is 83.7 Å². The van der Waals surface area contributed by atoms with Crippen molar-refractivity contribution < 1.29 is 23.4 Å². The van der Waals surface area contributed by atoms with E-state index in [1.165, 1.54) is 13.2 Å². The van der Waals surface area contributed by atoms with Gasteiger partial charge in [-0.25, -0.2) is 4.79 Å². The van der Waals surface area contributed by atoms with E-state index in [-0.39, 0.29) is 12.1 Å². The third-order valence-electron chi connectivity index (χ3n) is 6.00. The van der Waals surface area contributed by atoms with Gasteiger partial charge in [-0.1, -0.05) is 59.8 Å². The van der Waals surface area contributed by atoms with Crippen LogP contribution in [0.3, 0.4) is 0 Å². The molecule has 0 spiro atoms. The molecule has 1 atom stereocenters. The van der Waals surface area contributed by atoms with Gasteiger partial charge in [-0.2, -0.15) is 0 Å². The Hall–Kier alpha value is -1.63. The van der Waals surface area contributed by atoms with Gasteiger partial charge in [0, 0.05) is 12.7 Å². The molecule has 0 saturated carbocycles. The molecule has 0 aromatic heterocycles. The highest BCUT2D eigenvalue weighted by atomic mass is 28.4. The van der Waals surface area contributed by atoms with Crippen molar-refractivity contribution in [2.75, 3.05) is 20.8 Å². The van der Waals surface area contributed by atoms with E-state index in [1.807, 2.05) is 30.3 Å². The molecule has 1 rings (SSSR count). The normalized spacial score (nSPS) is 13.4. The second-order valence-electron chi connectivity index (χ2n) is 8.90. The molecule has 176 valence electrons. The fourth-order valence-electron chi connectivity index (χ4n) is 4.46. The maximum Gasteiger partial charge on any atom is 0.330 e. The summed E-state index contributed by atoms with van der Waals surface area (Å²) >= 11 is 0. The van der Waals surface area contributed by atoms with Gasteiger partial charge in [-0.15, -0.1) is 0 Å². The number of carbonyl (C=O) groups excluding carboxylic acids is 1.